The molecule has 2 fully saturated rings. The predicted octanol–water partition coefficient (Wildman–Crippen LogP) is 2.15. The second-order valence-corrected chi connectivity index (χ2v) is 7.97. The molecule has 2 aliphatic rings. The number of carbonyl (C=O) groups excluding carboxylic acids is 3. The van der Waals surface area contributed by atoms with Gasteiger partial charge in [0.15, 0.2) is 0 Å². The fourth-order valence-corrected chi connectivity index (χ4v) is 5.03. The van der Waals surface area contributed by atoms with Crippen molar-refractivity contribution < 1.29 is 23.9 Å². The molecule has 0 aromatic heterocycles. The Morgan fingerprint density at radius 3 is 2.70 bits per heavy atom. The molecular formula is C19H24N2O5S. The van der Waals surface area contributed by atoms with Crippen LogP contribution in [-0.2, 0) is 25.7 Å². The lowest BCUT2D eigenvalue weighted by atomic mass is 10.0. The molecule has 27 heavy (non-hydrogen) atoms. The Balaban J connectivity index is 1.65. The summed E-state index contributed by atoms with van der Waals surface area (Å²) in [5.41, 5.74) is 0.871. The maximum absolute atomic E-state index is 13.0. The molecule has 8 heteroatoms. The molecule has 4 atom stereocenters. The predicted molar refractivity (Wildman–Crippen MR) is 101 cm³/mol. The number of esters is 1. The van der Waals surface area contributed by atoms with E-state index in [0.29, 0.717) is 12.2 Å². The van der Waals surface area contributed by atoms with Gasteiger partial charge in [-0.15, -0.1) is 11.8 Å². The van der Waals surface area contributed by atoms with E-state index in [1.54, 1.807) is 16.7 Å². The van der Waals surface area contributed by atoms with Gasteiger partial charge in [0.1, 0.15) is 18.7 Å². The molecule has 2 saturated heterocycles. The maximum Gasteiger partial charge on any atom is 0.408 e. The third-order valence-corrected chi connectivity index (χ3v) is 6.50. The first kappa shape index (κ1) is 19.5. The lowest BCUT2D eigenvalue weighted by molar-refractivity contribution is -0.152. The molecule has 0 unspecified atom stereocenters. The summed E-state index contributed by atoms with van der Waals surface area (Å²) in [6, 6.07) is 8.03. The smallest absolute Gasteiger partial charge is 0.408 e. The zero-order valence-corrected chi connectivity index (χ0v) is 16.2. The number of ether oxygens (including phenoxy) is 2. The van der Waals surface area contributed by atoms with Gasteiger partial charge in [-0.1, -0.05) is 37.3 Å². The van der Waals surface area contributed by atoms with Crippen molar-refractivity contribution in [3.05, 3.63) is 35.9 Å². The first-order valence-corrected chi connectivity index (χ1v) is 10.0. The van der Waals surface area contributed by atoms with Gasteiger partial charge in [0.2, 0.25) is 5.91 Å². The topological polar surface area (TPSA) is 84.9 Å². The van der Waals surface area contributed by atoms with Crippen molar-refractivity contribution in [2.24, 2.45) is 5.92 Å². The average Bonchev–Trinajstić information content (AvgIpc) is 3.09. The van der Waals surface area contributed by atoms with Gasteiger partial charge in [-0.2, -0.15) is 0 Å². The van der Waals surface area contributed by atoms with Crippen LogP contribution in [0.2, 0.25) is 0 Å². The standard InChI is InChI=1S/C19H24N2O5S/c1-12-8-9-14(20-19(24)26-10-13-6-4-3-5-7-13)16(22)21-15(18(23)25-2)11-27-17(12)21/h3-7,12,14-15,17H,8-11H2,1-2H3,(H,20,24)/t12-,14+,15+,17-/m1/s1. The van der Waals surface area contributed by atoms with Gasteiger partial charge in [0.05, 0.1) is 12.5 Å². The van der Waals surface area contributed by atoms with E-state index in [-0.39, 0.29) is 23.8 Å². The third-order valence-electron chi connectivity index (χ3n) is 4.96. The van der Waals surface area contributed by atoms with E-state index in [1.807, 2.05) is 30.3 Å². The fraction of sp³-hybridized carbons (Fsp3) is 0.526. The Labute approximate surface area is 162 Å². The van der Waals surface area contributed by atoms with E-state index < -0.39 is 24.1 Å². The minimum atomic E-state index is -0.702. The molecule has 1 aromatic rings. The molecular weight excluding hydrogens is 368 g/mol. The summed E-state index contributed by atoms with van der Waals surface area (Å²) in [5, 5.41) is 2.60. The van der Waals surface area contributed by atoms with E-state index in [2.05, 4.69) is 12.2 Å². The van der Waals surface area contributed by atoms with Crippen LogP contribution >= 0.6 is 11.8 Å². The van der Waals surface area contributed by atoms with Crippen molar-refractivity contribution in [3.8, 4) is 0 Å². The molecule has 1 N–H and O–H groups in total. The summed E-state index contributed by atoms with van der Waals surface area (Å²) in [6.45, 7) is 2.20. The number of hydrogen-bond donors (Lipinski definition) is 1. The summed E-state index contributed by atoms with van der Waals surface area (Å²) >= 11 is 1.59. The molecule has 146 valence electrons. The van der Waals surface area contributed by atoms with Crippen molar-refractivity contribution in [2.75, 3.05) is 12.9 Å². The number of carbonyl (C=O) groups is 3. The Hall–Kier alpha value is -2.22. The minimum absolute atomic E-state index is 0.0752. The number of thioether (sulfide) groups is 1. The van der Waals surface area contributed by atoms with Crippen LogP contribution < -0.4 is 5.32 Å². The van der Waals surface area contributed by atoms with E-state index in [4.69, 9.17) is 9.47 Å². The normalized spacial score (nSPS) is 27.5. The van der Waals surface area contributed by atoms with Crippen LogP contribution in [0.3, 0.4) is 0 Å². The van der Waals surface area contributed by atoms with Crippen LogP contribution in [0.1, 0.15) is 25.3 Å². The van der Waals surface area contributed by atoms with Crippen LogP contribution in [0, 0.1) is 5.92 Å². The molecule has 2 heterocycles. The summed E-state index contributed by atoms with van der Waals surface area (Å²) < 4.78 is 10.1. The van der Waals surface area contributed by atoms with E-state index >= 15 is 0 Å². The summed E-state index contributed by atoms with van der Waals surface area (Å²) in [7, 11) is 1.32. The molecule has 2 amide bonds. The van der Waals surface area contributed by atoms with Crippen LogP contribution in [0.15, 0.2) is 30.3 Å². The van der Waals surface area contributed by atoms with Gasteiger partial charge >= 0.3 is 12.1 Å². The van der Waals surface area contributed by atoms with Crippen LogP contribution in [0.4, 0.5) is 4.79 Å². The highest BCUT2D eigenvalue weighted by Crippen LogP contribution is 2.39. The second kappa shape index (κ2) is 8.65. The molecule has 2 aliphatic heterocycles. The lowest BCUT2D eigenvalue weighted by Gasteiger charge is -2.30. The van der Waals surface area contributed by atoms with E-state index in [1.165, 1.54) is 7.11 Å². The van der Waals surface area contributed by atoms with Crippen molar-refractivity contribution >= 4 is 29.7 Å². The SMILES string of the molecule is COC(=O)[C@@H]1CS[C@@H]2[C@H](C)CC[C@H](NC(=O)OCc3ccccc3)C(=O)N21. The summed E-state index contributed by atoms with van der Waals surface area (Å²) in [4.78, 5) is 38.9. The number of benzene rings is 1. The lowest BCUT2D eigenvalue weighted by Crippen LogP contribution is -2.53. The van der Waals surface area contributed by atoms with Gasteiger partial charge in [-0.3, -0.25) is 4.79 Å². The number of amides is 2. The van der Waals surface area contributed by atoms with Gasteiger partial charge in [-0.25, -0.2) is 9.59 Å². The Kier molecular flexibility index (Phi) is 6.26. The summed E-state index contributed by atoms with van der Waals surface area (Å²) in [6.07, 6.45) is 0.657. The van der Waals surface area contributed by atoms with E-state index in [0.717, 1.165) is 12.0 Å². The Bertz CT molecular complexity index is 699. The number of nitrogens with zero attached hydrogens (tertiary/aromatic N) is 1. The highest BCUT2D eigenvalue weighted by molar-refractivity contribution is 8.00. The van der Waals surface area contributed by atoms with Gasteiger partial charge in [0, 0.05) is 5.75 Å². The average molecular weight is 392 g/mol. The zero-order chi connectivity index (χ0) is 19.4. The molecule has 0 radical (unpaired) electrons. The second-order valence-electron chi connectivity index (χ2n) is 6.82. The van der Waals surface area contributed by atoms with Gasteiger partial charge < -0.3 is 19.7 Å². The Morgan fingerprint density at radius 2 is 2.00 bits per heavy atom. The first-order chi connectivity index (χ1) is 13.0. The minimum Gasteiger partial charge on any atom is -0.467 e. The number of hydrogen-bond acceptors (Lipinski definition) is 6. The summed E-state index contributed by atoms with van der Waals surface area (Å²) in [5.74, 6) is 0.0681. The molecule has 0 spiro atoms. The molecule has 3 rings (SSSR count). The number of nitrogens with one attached hydrogen (secondary N) is 1. The van der Waals surface area contributed by atoms with Crippen LogP contribution in [0.25, 0.3) is 0 Å². The van der Waals surface area contributed by atoms with Crippen molar-refractivity contribution in [1.29, 1.82) is 0 Å². The van der Waals surface area contributed by atoms with Crippen molar-refractivity contribution in [1.82, 2.24) is 10.2 Å². The van der Waals surface area contributed by atoms with Crippen molar-refractivity contribution in [3.63, 3.8) is 0 Å². The third kappa shape index (κ3) is 4.37. The van der Waals surface area contributed by atoms with E-state index in [9.17, 15) is 14.4 Å². The molecule has 0 aliphatic carbocycles. The zero-order valence-electron chi connectivity index (χ0n) is 15.4. The largest absolute Gasteiger partial charge is 0.467 e. The van der Waals surface area contributed by atoms with Crippen LogP contribution in [0.5, 0.6) is 0 Å². The fourth-order valence-electron chi connectivity index (χ4n) is 3.48. The number of methoxy groups -OCH3 is 1. The number of fused-ring (bicyclic) bond motifs is 1. The van der Waals surface area contributed by atoms with Gasteiger partial charge in [-0.05, 0) is 24.3 Å². The monoisotopic (exact) mass is 392 g/mol. The van der Waals surface area contributed by atoms with Gasteiger partial charge in [0.25, 0.3) is 0 Å². The van der Waals surface area contributed by atoms with Crippen LogP contribution in [-0.4, -0.2) is 53.2 Å². The molecule has 0 bridgehead atoms. The quantitative estimate of drug-likeness (QED) is 0.791. The maximum atomic E-state index is 13.0. The van der Waals surface area contributed by atoms with Crippen molar-refractivity contribution in [2.45, 2.75) is 43.8 Å². The molecule has 7 nitrogen and oxygen atoms in total. The number of rotatable bonds is 4. The highest BCUT2D eigenvalue weighted by atomic mass is 32.2. The number of alkyl carbamates (subject to hydrolysis) is 1. The first-order valence-electron chi connectivity index (χ1n) is 9.00. The highest BCUT2D eigenvalue weighted by Gasteiger charge is 2.48. The molecule has 0 saturated carbocycles. The molecule has 1 aromatic carbocycles. The Morgan fingerprint density at radius 1 is 1.26 bits per heavy atom.